The molecule has 5 amide bonds. The van der Waals surface area contributed by atoms with Crippen molar-refractivity contribution in [2.75, 3.05) is 6.54 Å². The maximum Gasteiger partial charge on any atom is 0.315 e. The molecule has 0 bridgehead atoms. The van der Waals surface area contributed by atoms with Crippen LogP contribution in [-0.4, -0.2) is 66.8 Å². The average Bonchev–Trinajstić information content (AvgIpc) is 3.47. The van der Waals surface area contributed by atoms with Crippen molar-refractivity contribution in [3.05, 3.63) is 30.3 Å². The van der Waals surface area contributed by atoms with Gasteiger partial charge in [-0.1, -0.05) is 52.8 Å². The number of hydrogen-bond acceptors (Lipinski definition) is 6. The highest BCUT2D eigenvalue weighted by atomic mass is 32.2. The molecule has 0 radical (unpaired) electrons. The Morgan fingerprint density at radius 1 is 0.976 bits per heavy atom. The van der Waals surface area contributed by atoms with Gasteiger partial charge in [0.1, 0.15) is 17.6 Å². The van der Waals surface area contributed by atoms with Gasteiger partial charge in [0.25, 0.3) is 15.9 Å². The Morgan fingerprint density at radius 2 is 1.56 bits per heavy atom. The van der Waals surface area contributed by atoms with Gasteiger partial charge in [0.2, 0.25) is 11.8 Å². The van der Waals surface area contributed by atoms with Crippen molar-refractivity contribution >= 4 is 33.8 Å². The lowest BCUT2D eigenvalue weighted by atomic mass is 9.84. The van der Waals surface area contributed by atoms with Crippen molar-refractivity contribution in [2.45, 2.75) is 103 Å². The number of rotatable bonds is 8. The highest BCUT2D eigenvalue weighted by Gasteiger charge is 2.55. The number of hydrogen-bond donors (Lipinski definition) is 4. The van der Waals surface area contributed by atoms with E-state index in [1.54, 1.807) is 18.2 Å². The number of likely N-dealkylation sites (tertiary alicyclic amines) is 1. The third-order valence-electron chi connectivity index (χ3n) is 7.56. The number of carbonyl (C=O) groups is 4. The van der Waals surface area contributed by atoms with Gasteiger partial charge in [-0.3, -0.25) is 14.4 Å². The van der Waals surface area contributed by atoms with Crippen LogP contribution in [0.2, 0.25) is 0 Å². The standard InChI is InChI=1S/C29H45N5O6S/c1-18(2)20-14-17-34(24(36)22(27(3,4)5)30-26(38)32-28(6,7)8)21(20)23(35)31-29(15-16-29)25(37)33-41(39,40)19-12-10-9-11-13-19/h9-13,18,20-22H,14-17H2,1-8H3,(H,31,35)(H,33,37)(H2,30,32,38)/t20-,21?,22?/m1/s1. The zero-order valence-electron chi connectivity index (χ0n) is 25.3. The average molecular weight is 592 g/mol. The molecule has 0 spiro atoms. The first-order valence-corrected chi connectivity index (χ1v) is 15.6. The summed E-state index contributed by atoms with van der Waals surface area (Å²) in [6.45, 7) is 15.3. The number of carbonyl (C=O) groups excluding carboxylic acids is 4. The molecule has 1 aliphatic carbocycles. The molecule has 0 aromatic heterocycles. The number of sulfonamides is 1. The molecule has 1 saturated carbocycles. The van der Waals surface area contributed by atoms with Crippen molar-refractivity contribution in [3.63, 3.8) is 0 Å². The van der Waals surface area contributed by atoms with E-state index in [1.165, 1.54) is 17.0 Å². The molecule has 1 aromatic carbocycles. The summed E-state index contributed by atoms with van der Waals surface area (Å²) < 4.78 is 27.6. The molecule has 1 heterocycles. The Labute approximate surface area is 243 Å². The minimum Gasteiger partial charge on any atom is -0.340 e. The minimum atomic E-state index is -4.12. The lowest BCUT2D eigenvalue weighted by Gasteiger charge is -2.37. The quantitative estimate of drug-likeness (QED) is 0.364. The van der Waals surface area contributed by atoms with Crippen molar-refractivity contribution < 1.29 is 27.6 Å². The number of amides is 5. The van der Waals surface area contributed by atoms with Crippen LogP contribution in [-0.2, 0) is 24.4 Å². The van der Waals surface area contributed by atoms with E-state index in [4.69, 9.17) is 0 Å². The summed E-state index contributed by atoms with van der Waals surface area (Å²) in [7, 11) is -4.12. The number of benzene rings is 1. The van der Waals surface area contributed by atoms with Gasteiger partial charge in [-0.15, -0.1) is 0 Å². The molecule has 2 fully saturated rings. The molecule has 1 aromatic rings. The highest BCUT2D eigenvalue weighted by molar-refractivity contribution is 7.90. The van der Waals surface area contributed by atoms with Crippen LogP contribution in [0.4, 0.5) is 4.79 Å². The number of nitrogens with zero attached hydrogens (tertiary/aromatic N) is 1. The van der Waals surface area contributed by atoms with Crippen molar-refractivity contribution in [1.29, 1.82) is 0 Å². The first-order valence-electron chi connectivity index (χ1n) is 14.1. The largest absolute Gasteiger partial charge is 0.340 e. The summed E-state index contributed by atoms with van der Waals surface area (Å²) >= 11 is 0. The second-order valence-corrected chi connectivity index (χ2v) is 15.3. The first-order chi connectivity index (χ1) is 18.8. The predicted octanol–water partition coefficient (Wildman–Crippen LogP) is 2.53. The van der Waals surface area contributed by atoms with Crippen LogP contribution in [0.15, 0.2) is 35.2 Å². The number of nitrogens with one attached hydrogen (secondary N) is 4. The van der Waals surface area contributed by atoms with Crippen LogP contribution in [0.5, 0.6) is 0 Å². The van der Waals surface area contributed by atoms with Gasteiger partial charge in [-0.25, -0.2) is 17.9 Å². The summed E-state index contributed by atoms with van der Waals surface area (Å²) in [6, 6.07) is 5.25. The second kappa shape index (κ2) is 11.6. The normalized spacial score (nSPS) is 21.1. The van der Waals surface area contributed by atoms with Gasteiger partial charge in [-0.05, 0) is 69.4 Å². The van der Waals surface area contributed by atoms with E-state index in [0.29, 0.717) is 13.0 Å². The monoisotopic (exact) mass is 591 g/mol. The fourth-order valence-electron chi connectivity index (χ4n) is 5.14. The Morgan fingerprint density at radius 3 is 2.05 bits per heavy atom. The fourth-order valence-corrected chi connectivity index (χ4v) is 6.21. The molecule has 2 unspecified atom stereocenters. The molecular weight excluding hydrogens is 546 g/mol. The fraction of sp³-hybridized carbons (Fsp3) is 0.655. The maximum absolute atomic E-state index is 14.0. The molecule has 1 aliphatic heterocycles. The summed E-state index contributed by atoms with van der Waals surface area (Å²) in [4.78, 5) is 55.1. The van der Waals surface area contributed by atoms with Crippen LogP contribution in [0.3, 0.4) is 0 Å². The van der Waals surface area contributed by atoms with E-state index in [2.05, 4.69) is 20.7 Å². The Bertz CT molecular complexity index is 1260. The number of urea groups is 1. The molecule has 1 saturated heterocycles. The van der Waals surface area contributed by atoms with Crippen LogP contribution >= 0.6 is 0 Å². The molecule has 3 rings (SSSR count). The summed E-state index contributed by atoms with van der Waals surface area (Å²) in [5.74, 6) is -1.83. The van der Waals surface area contributed by atoms with E-state index in [-0.39, 0.29) is 35.5 Å². The molecule has 11 nitrogen and oxygen atoms in total. The zero-order valence-corrected chi connectivity index (χ0v) is 26.1. The van der Waals surface area contributed by atoms with Gasteiger partial charge < -0.3 is 20.9 Å². The SMILES string of the molecule is CC(C)[C@H]1CCN(C(=O)C(NC(=O)NC(C)(C)C)C(C)(C)C)C1C(=O)NC1(C(=O)NS(=O)(=O)c2ccccc2)CC1. The second-order valence-electron chi connectivity index (χ2n) is 13.6. The summed E-state index contributed by atoms with van der Waals surface area (Å²) in [5.41, 5.74) is -2.54. The highest BCUT2D eigenvalue weighted by Crippen LogP contribution is 2.38. The molecule has 41 heavy (non-hydrogen) atoms. The Hall–Kier alpha value is -3.15. The molecule has 4 N–H and O–H groups in total. The van der Waals surface area contributed by atoms with Gasteiger partial charge in [0.15, 0.2) is 0 Å². The van der Waals surface area contributed by atoms with Gasteiger partial charge in [0.05, 0.1) is 4.90 Å². The molecule has 12 heteroatoms. The van der Waals surface area contributed by atoms with Gasteiger partial charge in [-0.2, -0.15) is 0 Å². The van der Waals surface area contributed by atoms with Crippen LogP contribution in [0.25, 0.3) is 0 Å². The topological polar surface area (TPSA) is 154 Å². The lowest BCUT2D eigenvalue weighted by Crippen LogP contribution is -2.62. The van der Waals surface area contributed by atoms with E-state index >= 15 is 0 Å². The molecule has 3 atom stereocenters. The van der Waals surface area contributed by atoms with E-state index < -0.39 is 56.4 Å². The summed E-state index contributed by atoms with van der Waals surface area (Å²) in [5, 5.41) is 8.42. The maximum atomic E-state index is 14.0. The van der Waals surface area contributed by atoms with Crippen molar-refractivity contribution in [2.24, 2.45) is 17.3 Å². The van der Waals surface area contributed by atoms with Crippen molar-refractivity contribution in [3.8, 4) is 0 Å². The van der Waals surface area contributed by atoms with Gasteiger partial charge in [0, 0.05) is 12.1 Å². The van der Waals surface area contributed by atoms with E-state index in [9.17, 15) is 27.6 Å². The molecule has 2 aliphatic rings. The molecule has 228 valence electrons. The van der Waals surface area contributed by atoms with Crippen LogP contribution < -0.4 is 20.7 Å². The third kappa shape index (κ3) is 7.78. The predicted molar refractivity (Wildman–Crippen MR) is 155 cm³/mol. The minimum absolute atomic E-state index is 0.0521. The first kappa shape index (κ1) is 32.4. The van der Waals surface area contributed by atoms with E-state index in [0.717, 1.165) is 0 Å². The smallest absolute Gasteiger partial charge is 0.315 e. The molecular formula is C29H45N5O6S. The summed E-state index contributed by atoms with van der Waals surface area (Å²) in [6.07, 6.45) is 1.14. The van der Waals surface area contributed by atoms with E-state index in [1.807, 2.05) is 55.4 Å². The zero-order chi connectivity index (χ0) is 31.0. The lowest BCUT2D eigenvalue weighted by molar-refractivity contribution is -0.143. The van der Waals surface area contributed by atoms with Crippen LogP contribution in [0, 0.1) is 17.3 Å². The van der Waals surface area contributed by atoms with Crippen molar-refractivity contribution in [1.82, 2.24) is 25.6 Å². The van der Waals surface area contributed by atoms with Gasteiger partial charge >= 0.3 is 6.03 Å². The Kier molecular flexibility index (Phi) is 9.17. The third-order valence-corrected chi connectivity index (χ3v) is 8.90. The van der Waals surface area contributed by atoms with Crippen LogP contribution in [0.1, 0.15) is 74.7 Å². The Balaban J connectivity index is 1.82.